The second kappa shape index (κ2) is 5.87. The fraction of sp³-hybridized carbons (Fsp3) is 0.467. The van der Waals surface area contributed by atoms with Crippen LogP contribution in [0.5, 0.6) is 0 Å². The zero-order valence-electron chi connectivity index (χ0n) is 11.1. The average Bonchev–Trinajstić information content (AvgIpc) is 2.76. The van der Waals surface area contributed by atoms with Crippen molar-refractivity contribution in [2.75, 3.05) is 13.1 Å². The molecule has 1 atom stereocenters. The summed E-state index contributed by atoms with van der Waals surface area (Å²) in [4.78, 5) is 24.6. The third-order valence-corrected chi connectivity index (χ3v) is 3.54. The van der Waals surface area contributed by atoms with Gasteiger partial charge < -0.3 is 10.0 Å². The smallest absolute Gasteiger partial charge is 0.303 e. The second-order valence-corrected chi connectivity index (χ2v) is 5.26. The molecule has 1 fully saturated rings. The zero-order valence-corrected chi connectivity index (χ0v) is 11.1. The van der Waals surface area contributed by atoms with Gasteiger partial charge in [-0.05, 0) is 24.8 Å². The number of amides is 1. The van der Waals surface area contributed by atoms with Crippen molar-refractivity contribution in [2.45, 2.75) is 26.2 Å². The largest absolute Gasteiger partial charge is 0.481 e. The van der Waals surface area contributed by atoms with Gasteiger partial charge in [0.2, 0.25) is 5.91 Å². The molecular formula is C15H19NO3. The molecule has 1 saturated heterocycles. The Labute approximate surface area is 113 Å². The van der Waals surface area contributed by atoms with E-state index in [1.165, 1.54) is 0 Å². The average molecular weight is 261 g/mol. The molecule has 0 aliphatic carbocycles. The van der Waals surface area contributed by atoms with Gasteiger partial charge in [-0.2, -0.15) is 0 Å². The molecule has 4 heteroatoms. The summed E-state index contributed by atoms with van der Waals surface area (Å²) in [6, 6.07) is 7.93. The lowest BCUT2D eigenvalue weighted by Gasteiger charge is -2.16. The van der Waals surface area contributed by atoms with Crippen molar-refractivity contribution < 1.29 is 14.7 Å². The van der Waals surface area contributed by atoms with Crippen molar-refractivity contribution in [3.63, 3.8) is 0 Å². The third-order valence-electron chi connectivity index (χ3n) is 3.54. The molecule has 1 N–H and O–H groups in total. The molecule has 1 aliphatic heterocycles. The number of benzene rings is 1. The molecule has 1 heterocycles. The molecule has 0 bridgehead atoms. The number of aliphatic carboxylic acids is 1. The molecule has 102 valence electrons. The predicted octanol–water partition coefficient (Wildman–Crippen LogP) is 1.86. The minimum atomic E-state index is -0.780. The summed E-state index contributed by atoms with van der Waals surface area (Å²) in [6.45, 7) is 3.27. The van der Waals surface area contributed by atoms with E-state index in [2.05, 4.69) is 0 Å². The van der Waals surface area contributed by atoms with E-state index in [1.54, 1.807) is 4.90 Å². The molecule has 4 nitrogen and oxygen atoms in total. The van der Waals surface area contributed by atoms with Gasteiger partial charge in [0, 0.05) is 19.5 Å². The maximum absolute atomic E-state index is 12.1. The SMILES string of the molecule is Cc1cccc(CC(=O)N2CCC(CC(=O)O)C2)c1. The van der Waals surface area contributed by atoms with E-state index in [9.17, 15) is 9.59 Å². The number of likely N-dealkylation sites (tertiary alicyclic amines) is 1. The number of carbonyl (C=O) groups is 2. The molecular weight excluding hydrogens is 242 g/mol. The van der Waals surface area contributed by atoms with Gasteiger partial charge in [0.1, 0.15) is 0 Å². The van der Waals surface area contributed by atoms with Crippen molar-refractivity contribution in [1.82, 2.24) is 4.90 Å². The molecule has 0 aromatic heterocycles. The van der Waals surface area contributed by atoms with Crippen molar-refractivity contribution >= 4 is 11.9 Å². The van der Waals surface area contributed by atoms with Crippen LogP contribution in [0.2, 0.25) is 0 Å². The van der Waals surface area contributed by atoms with Crippen LogP contribution in [0.4, 0.5) is 0 Å². The Morgan fingerprint density at radius 1 is 1.42 bits per heavy atom. The molecule has 0 spiro atoms. The number of hydrogen-bond donors (Lipinski definition) is 1. The fourth-order valence-corrected chi connectivity index (χ4v) is 2.58. The minimum absolute atomic E-state index is 0.0958. The lowest BCUT2D eigenvalue weighted by molar-refractivity contribution is -0.138. The van der Waals surface area contributed by atoms with Crippen LogP contribution in [-0.2, 0) is 16.0 Å². The Bertz CT molecular complexity index is 484. The van der Waals surface area contributed by atoms with Crippen LogP contribution in [0.3, 0.4) is 0 Å². The van der Waals surface area contributed by atoms with Gasteiger partial charge in [0.15, 0.2) is 0 Å². The molecule has 19 heavy (non-hydrogen) atoms. The lowest BCUT2D eigenvalue weighted by Crippen LogP contribution is -2.30. The highest BCUT2D eigenvalue weighted by Gasteiger charge is 2.27. The van der Waals surface area contributed by atoms with E-state index in [0.717, 1.165) is 17.5 Å². The van der Waals surface area contributed by atoms with Crippen LogP contribution >= 0.6 is 0 Å². The van der Waals surface area contributed by atoms with Crippen molar-refractivity contribution in [1.29, 1.82) is 0 Å². The topological polar surface area (TPSA) is 57.6 Å². The van der Waals surface area contributed by atoms with Gasteiger partial charge in [-0.25, -0.2) is 0 Å². The molecule has 1 amide bonds. The fourth-order valence-electron chi connectivity index (χ4n) is 2.58. The summed E-state index contributed by atoms with van der Waals surface area (Å²) in [5.74, 6) is -0.574. The number of rotatable bonds is 4. The lowest BCUT2D eigenvalue weighted by atomic mass is 10.1. The van der Waals surface area contributed by atoms with Gasteiger partial charge in [-0.1, -0.05) is 29.8 Å². The highest BCUT2D eigenvalue weighted by molar-refractivity contribution is 5.79. The number of hydrogen-bond acceptors (Lipinski definition) is 2. The van der Waals surface area contributed by atoms with Crippen LogP contribution in [0.25, 0.3) is 0 Å². The predicted molar refractivity (Wildman–Crippen MR) is 71.8 cm³/mol. The molecule has 1 aliphatic rings. The van der Waals surface area contributed by atoms with Crippen molar-refractivity contribution in [3.05, 3.63) is 35.4 Å². The Hall–Kier alpha value is -1.84. The Kier molecular flexibility index (Phi) is 4.20. The van der Waals surface area contributed by atoms with Gasteiger partial charge in [0.05, 0.1) is 6.42 Å². The Morgan fingerprint density at radius 3 is 2.89 bits per heavy atom. The first-order valence-electron chi connectivity index (χ1n) is 6.59. The normalized spacial score (nSPS) is 18.6. The highest BCUT2D eigenvalue weighted by Crippen LogP contribution is 2.20. The van der Waals surface area contributed by atoms with Crippen LogP contribution in [0.1, 0.15) is 24.0 Å². The summed E-state index contributed by atoms with van der Waals surface area (Å²) >= 11 is 0. The summed E-state index contributed by atoms with van der Waals surface area (Å²) in [7, 11) is 0. The quantitative estimate of drug-likeness (QED) is 0.900. The number of nitrogens with zero attached hydrogens (tertiary/aromatic N) is 1. The minimum Gasteiger partial charge on any atom is -0.481 e. The van der Waals surface area contributed by atoms with Crippen LogP contribution in [0, 0.1) is 12.8 Å². The summed E-state index contributed by atoms with van der Waals surface area (Å²) < 4.78 is 0. The van der Waals surface area contributed by atoms with E-state index in [0.29, 0.717) is 19.5 Å². The maximum atomic E-state index is 12.1. The standard InChI is InChI=1S/C15H19NO3/c1-11-3-2-4-12(7-11)8-14(17)16-6-5-13(10-16)9-15(18)19/h2-4,7,13H,5-6,8-10H2,1H3,(H,18,19). The number of carbonyl (C=O) groups excluding carboxylic acids is 1. The molecule has 1 unspecified atom stereocenters. The molecule has 2 rings (SSSR count). The van der Waals surface area contributed by atoms with Gasteiger partial charge >= 0.3 is 5.97 Å². The summed E-state index contributed by atoms with van der Waals surface area (Å²) in [5, 5.41) is 8.76. The third kappa shape index (κ3) is 3.81. The van der Waals surface area contributed by atoms with Crippen LogP contribution < -0.4 is 0 Å². The van der Waals surface area contributed by atoms with Gasteiger partial charge in [0.25, 0.3) is 0 Å². The zero-order chi connectivity index (χ0) is 13.8. The first-order valence-corrected chi connectivity index (χ1v) is 6.59. The Balaban J connectivity index is 1.89. The van der Waals surface area contributed by atoms with E-state index in [4.69, 9.17) is 5.11 Å². The second-order valence-electron chi connectivity index (χ2n) is 5.26. The first-order chi connectivity index (χ1) is 9.04. The first kappa shape index (κ1) is 13.6. The Morgan fingerprint density at radius 2 is 2.21 bits per heavy atom. The molecule has 1 aromatic rings. The monoisotopic (exact) mass is 261 g/mol. The summed E-state index contributed by atoms with van der Waals surface area (Å²) in [6.07, 6.45) is 1.36. The van der Waals surface area contributed by atoms with E-state index in [1.807, 2.05) is 31.2 Å². The van der Waals surface area contributed by atoms with E-state index < -0.39 is 5.97 Å². The van der Waals surface area contributed by atoms with Crippen LogP contribution in [0.15, 0.2) is 24.3 Å². The van der Waals surface area contributed by atoms with E-state index in [-0.39, 0.29) is 18.2 Å². The number of aryl methyl sites for hydroxylation is 1. The molecule has 0 radical (unpaired) electrons. The van der Waals surface area contributed by atoms with Crippen molar-refractivity contribution in [2.24, 2.45) is 5.92 Å². The molecule has 1 aromatic carbocycles. The highest BCUT2D eigenvalue weighted by atomic mass is 16.4. The molecule has 0 saturated carbocycles. The number of carboxylic acids is 1. The van der Waals surface area contributed by atoms with Gasteiger partial charge in [-0.15, -0.1) is 0 Å². The summed E-state index contributed by atoms with van der Waals surface area (Å²) in [5.41, 5.74) is 2.17. The van der Waals surface area contributed by atoms with Gasteiger partial charge in [-0.3, -0.25) is 9.59 Å². The number of carboxylic acid groups (broad SMARTS) is 1. The van der Waals surface area contributed by atoms with Crippen LogP contribution in [-0.4, -0.2) is 35.0 Å². The van der Waals surface area contributed by atoms with Crippen molar-refractivity contribution in [3.8, 4) is 0 Å². The maximum Gasteiger partial charge on any atom is 0.303 e. The van der Waals surface area contributed by atoms with E-state index >= 15 is 0 Å².